The maximum Gasteiger partial charge on any atom is 0.297 e. The zero-order chi connectivity index (χ0) is 24.2. The zero-order valence-corrected chi connectivity index (χ0v) is 19.6. The standard InChI is InChI=1S/C27H21FO5S/c1-16-12-19(28)13-17(2)24(16)25(30)27-26(22-9-8-21(31-3)14-23(22)34-27)33-20-6-4-18(5-7-20)10-11-32-15-29/h4-15H,1-3H3/b11-10+. The van der Waals surface area contributed by atoms with Crippen LogP contribution < -0.4 is 9.47 Å². The van der Waals surface area contributed by atoms with E-state index < -0.39 is 0 Å². The second kappa shape index (κ2) is 9.89. The Hall–Kier alpha value is -3.97. The van der Waals surface area contributed by atoms with Crippen LogP contribution in [0.25, 0.3) is 16.2 Å². The highest BCUT2D eigenvalue weighted by Crippen LogP contribution is 2.43. The molecule has 1 heterocycles. The van der Waals surface area contributed by atoms with Crippen LogP contribution in [0.2, 0.25) is 0 Å². The van der Waals surface area contributed by atoms with Gasteiger partial charge in [0.05, 0.1) is 13.4 Å². The van der Waals surface area contributed by atoms with Crippen molar-refractivity contribution >= 4 is 39.8 Å². The molecule has 0 saturated carbocycles. The molecule has 5 nitrogen and oxygen atoms in total. The molecular formula is C27H21FO5S. The Balaban J connectivity index is 1.78. The molecule has 0 amide bonds. The molecule has 4 aromatic rings. The molecule has 0 radical (unpaired) electrons. The summed E-state index contributed by atoms with van der Waals surface area (Å²) in [6.45, 7) is 3.79. The molecule has 0 spiro atoms. The molecule has 0 atom stereocenters. The second-order valence-corrected chi connectivity index (χ2v) is 8.62. The summed E-state index contributed by atoms with van der Waals surface area (Å²) < 4.78 is 30.8. The van der Waals surface area contributed by atoms with E-state index >= 15 is 0 Å². The first-order chi connectivity index (χ1) is 16.4. The van der Waals surface area contributed by atoms with Crippen molar-refractivity contribution in [1.29, 1.82) is 0 Å². The number of benzene rings is 3. The van der Waals surface area contributed by atoms with Gasteiger partial charge in [-0.25, -0.2) is 4.39 Å². The van der Waals surface area contributed by atoms with Crippen molar-refractivity contribution in [3.8, 4) is 17.2 Å². The van der Waals surface area contributed by atoms with Gasteiger partial charge in [0.15, 0.2) is 5.75 Å². The summed E-state index contributed by atoms with van der Waals surface area (Å²) in [7, 11) is 1.58. The van der Waals surface area contributed by atoms with Crippen molar-refractivity contribution in [2.24, 2.45) is 0 Å². The highest BCUT2D eigenvalue weighted by atomic mass is 32.1. The van der Waals surface area contributed by atoms with E-state index in [-0.39, 0.29) is 11.6 Å². The third kappa shape index (κ3) is 4.70. The van der Waals surface area contributed by atoms with E-state index in [4.69, 9.17) is 9.47 Å². The number of hydrogen-bond donors (Lipinski definition) is 0. The first-order valence-electron chi connectivity index (χ1n) is 10.4. The van der Waals surface area contributed by atoms with Gasteiger partial charge in [-0.2, -0.15) is 0 Å². The van der Waals surface area contributed by atoms with Crippen LogP contribution in [0.3, 0.4) is 0 Å². The molecule has 0 aliphatic heterocycles. The SMILES string of the molecule is COc1ccc2c(Oc3ccc(/C=C/OC=O)cc3)c(C(=O)c3c(C)cc(F)cc3C)sc2c1. The summed E-state index contributed by atoms with van der Waals surface area (Å²) in [5, 5.41) is 0.773. The lowest BCUT2D eigenvalue weighted by Gasteiger charge is -2.11. The monoisotopic (exact) mass is 476 g/mol. The number of hydrogen-bond acceptors (Lipinski definition) is 6. The van der Waals surface area contributed by atoms with Crippen molar-refractivity contribution in [3.63, 3.8) is 0 Å². The molecule has 7 heteroatoms. The van der Waals surface area contributed by atoms with Crippen LogP contribution in [0.15, 0.2) is 60.9 Å². The number of carbonyl (C=O) groups is 2. The minimum Gasteiger partial charge on any atom is -0.497 e. The number of ketones is 1. The van der Waals surface area contributed by atoms with Crippen molar-refractivity contribution < 1.29 is 28.2 Å². The van der Waals surface area contributed by atoms with Gasteiger partial charge in [-0.1, -0.05) is 12.1 Å². The van der Waals surface area contributed by atoms with Gasteiger partial charge in [0, 0.05) is 15.6 Å². The number of aryl methyl sites for hydroxylation is 2. The van der Waals surface area contributed by atoms with E-state index in [0.717, 1.165) is 15.6 Å². The van der Waals surface area contributed by atoms with Gasteiger partial charge >= 0.3 is 0 Å². The maximum absolute atomic E-state index is 13.8. The number of methoxy groups -OCH3 is 1. The highest BCUT2D eigenvalue weighted by Gasteiger charge is 2.25. The second-order valence-electron chi connectivity index (χ2n) is 7.57. The molecule has 4 rings (SSSR count). The van der Waals surface area contributed by atoms with Crippen LogP contribution in [0.5, 0.6) is 17.2 Å². The first kappa shape index (κ1) is 23.2. The number of ether oxygens (including phenoxy) is 3. The van der Waals surface area contributed by atoms with E-state index in [2.05, 4.69) is 4.74 Å². The number of halogens is 1. The van der Waals surface area contributed by atoms with Crippen molar-refractivity contribution in [1.82, 2.24) is 0 Å². The van der Waals surface area contributed by atoms with Gasteiger partial charge in [-0.05, 0) is 79.1 Å². The predicted molar refractivity (Wildman–Crippen MR) is 130 cm³/mol. The Bertz CT molecular complexity index is 1380. The molecule has 1 aromatic heterocycles. The fourth-order valence-electron chi connectivity index (χ4n) is 3.73. The Morgan fingerprint density at radius 2 is 1.65 bits per heavy atom. The zero-order valence-electron chi connectivity index (χ0n) is 18.8. The first-order valence-corrected chi connectivity index (χ1v) is 11.2. The van der Waals surface area contributed by atoms with Crippen LogP contribution in [0.4, 0.5) is 4.39 Å². The van der Waals surface area contributed by atoms with E-state index in [9.17, 15) is 14.0 Å². The molecule has 34 heavy (non-hydrogen) atoms. The van der Waals surface area contributed by atoms with Crippen LogP contribution in [-0.2, 0) is 9.53 Å². The fourth-order valence-corrected chi connectivity index (χ4v) is 4.83. The Morgan fingerprint density at radius 1 is 0.971 bits per heavy atom. The quantitative estimate of drug-likeness (QED) is 0.158. The normalized spacial score (nSPS) is 11.1. The fraction of sp³-hybridized carbons (Fsp3) is 0.111. The molecule has 3 aromatic carbocycles. The third-order valence-corrected chi connectivity index (χ3v) is 6.41. The number of thiophene rings is 1. The van der Waals surface area contributed by atoms with Gasteiger partial charge in [-0.3, -0.25) is 9.59 Å². The number of rotatable bonds is 8. The highest BCUT2D eigenvalue weighted by molar-refractivity contribution is 7.21. The number of fused-ring (bicyclic) bond motifs is 1. The Labute approximate surface area is 200 Å². The van der Waals surface area contributed by atoms with Gasteiger partial charge in [-0.15, -0.1) is 11.3 Å². The summed E-state index contributed by atoms with van der Waals surface area (Å²) >= 11 is 1.30. The lowest BCUT2D eigenvalue weighted by molar-refractivity contribution is -0.123. The molecule has 0 fully saturated rings. The summed E-state index contributed by atoms with van der Waals surface area (Å²) in [5.41, 5.74) is 2.40. The average molecular weight is 477 g/mol. The van der Waals surface area contributed by atoms with Crippen molar-refractivity contribution in [2.75, 3.05) is 7.11 Å². The smallest absolute Gasteiger partial charge is 0.297 e. The summed E-state index contributed by atoms with van der Waals surface area (Å²) in [6, 6.07) is 15.4. The minimum absolute atomic E-state index is 0.226. The average Bonchev–Trinajstić information content (AvgIpc) is 3.17. The van der Waals surface area contributed by atoms with E-state index in [1.54, 1.807) is 51.3 Å². The van der Waals surface area contributed by atoms with Gasteiger partial charge in [0.2, 0.25) is 5.78 Å². The van der Waals surface area contributed by atoms with Crippen LogP contribution >= 0.6 is 11.3 Å². The lowest BCUT2D eigenvalue weighted by Crippen LogP contribution is -2.06. The third-order valence-electron chi connectivity index (χ3n) is 5.28. The van der Waals surface area contributed by atoms with Gasteiger partial charge in [0.25, 0.3) is 6.47 Å². The molecular weight excluding hydrogens is 455 g/mol. The van der Waals surface area contributed by atoms with Crippen molar-refractivity contribution in [3.05, 3.63) is 93.8 Å². The topological polar surface area (TPSA) is 61.8 Å². The Morgan fingerprint density at radius 3 is 2.29 bits per heavy atom. The molecule has 0 aliphatic rings. The van der Waals surface area contributed by atoms with Crippen LogP contribution in [0.1, 0.15) is 31.9 Å². The summed E-state index contributed by atoms with van der Waals surface area (Å²) in [4.78, 5) is 24.4. The van der Waals surface area contributed by atoms with Gasteiger partial charge < -0.3 is 14.2 Å². The molecule has 0 aliphatic carbocycles. The van der Waals surface area contributed by atoms with E-state index in [0.29, 0.717) is 45.3 Å². The predicted octanol–water partition coefficient (Wildman–Crippen LogP) is 6.83. The molecule has 0 bridgehead atoms. The van der Waals surface area contributed by atoms with Gasteiger partial charge in [0.1, 0.15) is 22.2 Å². The van der Waals surface area contributed by atoms with Crippen LogP contribution in [-0.4, -0.2) is 19.4 Å². The van der Waals surface area contributed by atoms with E-state index in [1.165, 1.54) is 29.7 Å². The maximum atomic E-state index is 13.8. The molecule has 0 saturated heterocycles. The van der Waals surface area contributed by atoms with Crippen LogP contribution in [0, 0.1) is 19.7 Å². The summed E-state index contributed by atoms with van der Waals surface area (Å²) in [6.07, 6.45) is 2.92. The largest absolute Gasteiger partial charge is 0.497 e. The molecule has 0 N–H and O–H groups in total. The van der Waals surface area contributed by atoms with E-state index in [1.807, 2.05) is 18.2 Å². The molecule has 0 unspecified atom stereocenters. The lowest BCUT2D eigenvalue weighted by atomic mass is 9.97. The Kier molecular flexibility index (Phi) is 6.75. The number of carbonyl (C=O) groups excluding carboxylic acids is 2. The summed E-state index contributed by atoms with van der Waals surface area (Å²) in [5.74, 6) is 1.03. The van der Waals surface area contributed by atoms with Crippen molar-refractivity contribution in [2.45, 2.75) is 13.8 Å². The molecule has 172 valence electrons. The minimum atomic E-state index is -0.378.